The van der Waals surface area contributed by atoms with Crippen LogP contribution < -0.4 is 5.32 Å². The first-order valence-electron chi connectivity index (χ1n) is 5.11. The first-order valence-corrected chi connectivity index (χ1v) is 5.11. The van der Waals surface area contributed by atoms with Crippen molar-refractivity contribution in [2.75, 3.05) is 33.5 Å². The van der Waals surface area contributed by atoms with Crippen molar-refractivity contribution in [3.63, 3.8) is 0 Å². The van der Waals surface area contributed by atoms with Gasteiger partial charge in [0.25, 0.3) is 0 Å². The van der Waals surface area contributed by atoms with Gasteiger partial charge in [-0.05, 0) is 6.92 Å². The molecular formula is C10H19N3O2. The van der Waals surface area contributed by atoms with Crippen LogP contribution in [0.5, 0.6) is 0 Å². The van der Waals surface area contributed by atoms with Gasteiger partial charge >= 0.3 is 0 Å². The van der Waals surface area contributed by atoms with Gasteiger partial charge in [0.1, 0.15) is 0 Å². The summed E-state index contributed by atoms with van der Waals surface area (Å²) in [5, 5.41) is 10.1. The third-order valence-electron chi connectivity index (χ3n) is 2.10. The van der Waals surface area contributed by atoms with Crippen LogP contribution in [-0.4, -0.2) is 43.7 Å². The maximum atomic E-state index is 5.31. The molecular weight excluding hydrogens is 194 g/mol. The number of nitrogens with one attached hydrogen (secondary N) is 2. The van der Waals surface area contributed by atoms with Crippen molar-refractivity contribution in [2.45, 2.75) is 13.5 Å². The number of rotatable bonds is 8. The van der Waals surface area contributed by atoms with Gasteiger partial charge in [-0.25, -0.2) is 0 Å². The zero-order chi connectivity index (χ0) is 10.9. The minimum absolute atomic E-state index is 0.654. The highest BCUT2D eigenvalue weighted by Gasteiger charge is 1.98. The van der Waals surface area contributed by atoms with Crippen LogP contribution in [0.3, 0.4) is 0 Å². The van der Waals surface area contributed by atoms with Gasteiger partial charge < -0.3 is 14.8 Å². The summed E-state index contributed by atoms with van der Waals surface area (Å²) in [6.07, 6.45) is 1.84. The minimum Gasteiger partial charge on any atom is -0.382 e. The van der Waals surface area contributed by atoms with E-state index in [1.54, 1.807) is 7.11 Å². The molecule has 0 aromatic carbocycles. The summed E-state index contributed by atoms with van der Waals surface area (Å²) in [6, 6.07) is 0. The van der Waals surface area contributed by atoms with E-state index < -0.39 is 0 Å². The van der Waals surface area contributed by atoms with Crippen molar-refractivity contribution in [1.82, 2.24) is 15.5 Å². The molecule has 0 aliphatic rings. The molecule has 0 radical (unpaired) electrons. The van der Waals surface area contributed by atoms with Crippen LogP contribution in [0.4, 0.5) is 0 Å². The number of ether oxygens (including phenoxy) is 2. The van der Waals surface area contributed by atoms with Gasteiger partial charge in [0.2, 0.25) is 0 Å². The van der Waals surface area contributed by atoms with E-state index in [1.165, 1.54) is 5.56 Å². The van der Waals surface area contributed by atoms with Gasteiger partial charge in [0.05, 0.1) is 26.0 Å². The fraction of sp³-hybridized carbons (Fsp3) is 0.700. The van der Waals surface area contributed by atoms with Crippen LogP contribution >= 0.6 is 0 Å². The summed E-state index contributed by atoms with van der Waals surface area (Å²) < 4.78 is 10.2. The summed E-state index contributed by atoms with van der Waals surface area (Å²) in [5.41, 5.74) is 2.31. The second kappa shape index (κ2) is 7.39. The zero-order valence-corrected chi connectivity index (χ0v) is 9.38. The highest BCUT2D eigenvalue weighted by molar-refractivity contribution is 5.13. The molecule has 0 aliphatic heterocycles. The van der Waals surface area contributed by atoms with E-state index in [0.717, 1.165) is 18.8 Å². The molecule has 1 heterocycles. The second-order valence-electron chi connectivity index (χ2n) is 3.30. The highest BCUT2D eigenvalue weighted by atomic mass is 16.5. The van der Waals surface area contributed by atoms with E-state index in [2.05, 4.69) is 15.5 Å². The fourth-order valence-electron chi connectivity index (χ4n) is 1.17. The van der Waals surface area contributed by atoms with E-state index in [1.807, 2.05) is 13.1 Å². The third-order valence-corrected chi connectivity index (χ3v) is 2.10. The van der Waals surface area contributed by atoms with Crippen LogP contribution in [0, 0.1) is 6.92 Å². The Labute approximate surface area is 90.2 Å². The van der Waals surface area contributed by atoms with E-state index >= 15 is 0 Å². The van der Waals surface area contributed by atoms with Crippen LogP contribution in [0.2, 0.25) is 0 Å². The number of aryl methyl sites for hydroxylation is 1. The van der Waals surface area contributed by atoms with E-state index in [9.17, 15) is 0 Å². The number of H-pyrrole nitrogens is 1. The van der Waals surface area contributed by atoms with Crippen molar-refractivity contribution in [3.05, 3.63) is 17.5 Å². The molecule has 15 heavy (non-hydrogen) atoms. The molecule has 0 spiro atoms. The first kappa shape index (κ1) is 12.2. The topological polar surface area (TPSA) is 59.2 Å². The first-order chi connectivity index (χ1) is 7.34. The summed E-state index contributed by atoms with van der Waals surface area (Å²) in [4.78, 5) is 0. The second-order valence-corrected chi connectivity index (χ2v) is 3.30. The highest BCUT2D eigenvalue weighted by Crippen LogP contribution is 2.00. The molecule has 0 unspecified atom stereocenters. The van der Waals surface area contributed by atoms with Crippen molar-refractivity contribution < 1.29 is 9.47 Å². The Bertz CT molecular complexity index is 263. The Hall–Kier alpha value is -0.910. The van der Waals surface area contributed by atoms with Gasteiger partial charge in [0, 0.05) is 31.5 Å². The minimum atomic E-state index is 0.654. The SMILES string of the molecule is COCCOCCNCc1cn[nH]c1C. The Morgan fingerprint density at radius 1 is 1.40 bits per heavy atom. The monoisotopic (exact) mass is 213 g/mol. The predicted octanol–water partition coefficient (Wildman–Crippen LogP) is 0.471. The Kier molecular flexibility index (Phi) is 5.99. The summed E-state index contributed by atoms with van der Waals surface area (Å²) in [6.45, 7) is 5.70. The van der Waals surface area contributed by atoms with Crippen LogP contribution in [0.25, 0.3) is 0 Å². The fourth-order valence-corrected chi connectivity index (χ4v) is 1.17. The maximum Gasteiger partial charge on any atom is 0.0700 e. The smallest absolute Gasteiger partial charge is 0.0700 e. The lowest BCUT2D eigenvalue weighted by atomic mass is 10.3. The van der Waals surface area contributed by atoms with Gasteiger partial charge in [-0.3, -0.25) is 5.10 Å². The summed E-state index contributed by atoms with van der Waals surface area (Å²) >= 11 is 0. The molecule has 0 aliphatic carbocycles. The van der Waals surface area contributed by atoms with Crippen molar-refractivity contribution in [1.29, 1.82) is 0 Å². The predicted molar refractivity (Wildman–Crippen MR) is 57.7 cm³/mol. The Morgan fingerprint density at radius 3 is 2.93 bits per heavy atom. The van der Waals surface area contributed by atoms with E-state index in [0.29, 0.717) is 19.8 Å². The average Bonchev–Trinajstić information content (AvgIpc) is 2.63. The Balaban J connectivity index is 1.96. The zero-order valence-electron chi connectivity index (χ0n) is 9.38. The van der Waals surface area contributed by atoms with Gasteiger partial charge in [-0.1, -0.05) is 0 Å². The molecule has 1 aromatic heterocycles. The molecule has 5 nitrogen and oxygen atoms in total. The standard InChI is InChI=1S/C10H19N3O2/c1-9-10(8-12-13-9)7-11-3-4-15-6-5-14-2/h8,11H,3-7H2,1-2H3,(H,12,13). The van der Waals surface area contributed by atoms with E-state index in [4.69, 9.17) is 9.47 Å². The molecule has 0 atom stereocenters. The van der Waals surface area contributed by atoms with E-state index in [-0.39, 0.29) is 0 Å². The molecule has 2 N–H and O–H groups in total. The number of aromatic amines is 1. The molecule has 86 valence electrons. The number of aromatic nitrogens is 2. The summed E-state index contributed by atoms with van der Waals surface area (Å²) in [5.74, 6) is 0. The molecule has 1 aromatic rings. The quantitative estimate of drug-likeness (QED) is 0.616. The molecule has 0 fully saturated rings. The van der Waals surface area contributed by atoms with Crippen LogP contribution in [0.1, 0.15) is 11.3 Å². The lowest BCUT2D eigenvalue weighted by Gasteiger charge is -2.05. The Morgan fingerprint density at radius 2 is 2.27 bits per heavy atom. The van der Waals surface area contributed by atoms with Crippen molar-refractivity contribution in [2.24, 2.45) is 0 Å². The molecule has 0 saturated carbocycles. The average molecular weight is 213 g/mol. The maximum absolute atomic E-state index is 5.31. The van der Waals surface area contributed by atoms with Gasteiger partial charge in [0.15, 0.2) is 0 Å². The van der Waals surface area contributed by atoms with Crippen molar-refractivity contribution >= 4 is 0 Å². The van der Waals surface area contributed by atoms with Gasteiger partial charge in [-0.15, -0.1) is 0 Å². The molecule has 0 amide bonds. The largest absolute Gasteiger partial charge is 0.382 e. The number of hydrogen-bond acceptors (Lipinski definition) is 4. The number of hydrogen-bond donors (Lipinski definition) is 2. The third kappa shape index (κ3) is 4.92. The molecule has 0 saturated heterocycles. The number of nitrogens with zero attached hydrogens (tertiary/aromatic N) is 1. The van der Waals surface area contributed by atoms with Gasteiger partial charge in [-0.2, -0.15) is 5.10 Å². The van der Waals surface area contributed by atoms with Crippen LogP contribution in [0.15, 0.2) is 6.20 Å². The lowest BCUT2D eigenvalue weighted by molar-refractivity contribution is 0.0719. The lowest BCUT2D eigenvalue weighted by Crippen LogP contribution is -2.20. The normalized spacial score (nSPS) is 10.8. The molecule has 0 bridgehead atoms. The van der Waals surface area contributed by atoms with Crippen LogP contribution in [-0.2, 0) is 16.0 Å². The van der Waals surface area contributed by atoms with Crippen molar-refractivity contribution in [3.8, 4) is 0 Å². The molecule has 5 heteroatoms. The molecule has 1 rings (SSSR count). The number of methoxy groups -OCH3 is 1. The summed E-state index contributed by atoms with van der Waals surface area (Å²) in [7, 11) is 1.67.